The molecule has 0 aliphatic heterocycles. The quantitative estimate of drug-likeness (QED) is 0.241. The fourth-order valence-corrected chi connectivity index (χ4v) is 4.14. The minimum absolute atomic E-state index is 0.00789. The molecule has 170 valence electrons. The number of hydrogen-bond acceptors (Lipinski definition) is 7. The van der Waals surface area contributed by atoms with Gasteiger partial charge in [-0.1, -0.05) is 12.1 Å². The predicted octanol–water partition coefficient (Wildman–Crippen LogP) is 1.75. The van der Waals surface area contributed by atoms with E-state index in [0.717, 1.165) is 0 Å². The SMILES string of the molecule is CCOC(=O)c1[nH]c(CNC(=O)c2ncc[nH]2)c(-c2ccc(CO)c(CO)c2CO)c1Br. The molecule has 2 heterocycles. The Bertz CT molecular complexity index is 1110. The third kappa shape index (κ3) is 4.60. The van der Waals surface area contributed by atoms with Gasteiger partial charge in [-0.25, -0.2) is 9.78 Å². The smallest absolute Gasteiger partial charge is 0.355 e. The Morgan fingerprint density at radius 3 is 2.50 bits per heavy atom. The number of aromatic nitrogens is 3. The second-order valence-corrected chi connectivity index (χ2v) is 7.51. The molecule has 0 atom stereocenters. The number of esters is 1. The summed E-state index contributed by atoms with van der Waals surface area (Å²) in [6, 6.07) is 3.31. The molecule has 0 unspecified atom stereocenters. The molecule has 3 aromatic rings. The van der Waals surface area contributed by atoms with Crippen molar-refractivity contribution in [3.63, 3.8) is 0 Å². The van der Waals surface area contributed by atoms with E-state index >= 15 is 0 Å². The molecule has 0 radical (unpaired) electrons. The number of H-pyrrole nitrogens is 2. The van der Waals surface area contributed by atoms with Gasteiger partial charge in [0.05, 0.1) is 37.4 Å². The predicted molar refractivity (Wildman–Crippen MR) is 117 cm³/mol. The Kier molecular flexibility index (Phi) is 7.80. The van der Waals surface area contributed by atoms with Crippen molar-refractivity contribution in [3.8, 4) is 11.1 Å². The Morgan fingerprint density at radius 2 is 1.91 bits per heavy atom. The minimum atomic E-state index is -0.593. The number of carbonyl (C=O) groups excluding carboxylic acids is 2. The highest BCUT2D eigenvalue weighted by atomic mass is 79.9. The van der Waals surface area contributed by atoms with Crippen LogP contribution in [0.2, 0.25) is 0 Å². The van der Waals surface area contributed by atoms with Crippen LogP contribution in [-0.2, 0) is 31.1 Å². The van der Waals surface area contributed by atoms with Gasteiger partial charge < -0.3 is 35.3 Å². The summed E-state index contributed by atoms with van der Waals surface area (Å²) in [5, 5.41) is 32.2. The monoisotopic (exact) mass is 506 g/mol. The summed E-state index contributed by atoms with van der Waals surface area (Å²) >= 11 is 3.44. The van der Waals surface area contributed by atoms with E-state index in [1.165, 1.54) is 12.4 Å². The topological polar surface area (TPSA) is 161 Å². The van der Waals surface area contributed by atoms with E-state index in [2.05, 4.69) is 36.2 Å². The average molecular weight is 507 g/mol. The lowest BCUT2D eigenvalue weighted by Crippen LogP contribution is -2.24. The molecule has 32 heavy (non-hydrogen) atoms. The number of ether oxygens (including phenoxy) is 1. The molecule has 11 heteroatoms. The number of nitrogens with one attached hydrogen (secondary N) is 3. The number of nitrogens with zero attached hydrogens (tertiary/aromatic N) is 1. The van der Waals surface area contributed by atoms with E-state index < -0.39 is 25.1 Å². The fraction of sp³-hybridized carbons (Fsp3) is 0.286. The first-order valence-corrected chi connectivity index (χ1v) is 10.6. The number of hydrogen-bond donors (Lipinski definition) is 6. The lowest BCUT2D eigenvalue weighted by Gasteiger charge is -2.16. The van der Waals surface area contributed by atoms with Gasteiger partial charge in [-0.3, -0.25) is 4.79 Å². The minimum Gasteiger partial charge on any atom is -0.461 e. The van der Waals surface area contributed by atoms with Crippen LogP contribution in [0.3, 0.4) is 0 Å². The molecule has 0 saturated carbocycles. The number of halogens is 1. The number of aromatic amines is 2. The van der Waals surface area contributed by atoms with Gasteiger partial charge in [0.2, 0.25) is 0 Å². The number of imidazole rings is 1. The molecule has 0 aliphatic carbocycles. The lowest BCUT2D eigenvalue weighted by atomic mass is 9.92. The fourth-order valence-electron chi connectivity index (χ4n) is 3.43. The summed E-state index contributed by atoms with van der Waals surface area (Å²) in [5.74, 6) is -0.906. The lowest BCUT2D eigenvalue weighted by molar-refractivity contribution is 0.0519. The van der Waals surface area contributed by atoms with Crippen molar-refractivity contribution >= 4 is 27.8 Å². The number of carbonyl (C=O) groups is 2. The number of aliphatic hydroxyl groups is 3. The molecular formula is C21H23BrN4O6. The molecule has 10 nitrogen and oxygen atoms in total. The maximum Gasteiger partial charge on any atom is 0.355 e. The van der Waals surface area contributed by atoms with Crippen molar-refractivity contribution in [2.24, 2.45) is 0 Å². The van der Waals surface area contributed by atoms with Crippen LogP contribution in [-0.4, -0.2) is 48.8 Å². The maximum atomic E-state index is 12.5. The summed E-state index contributed by atoms with van der Waals surface area (Å²) in [4.78, 5) is 34.4. The first-order chi connectivity index (χ1) is 15.5. The summed E-state index contributed by atoms with van der Waals surface area (Å²) in [6.45, 7) is 0.753. The highest BCUT2D eigenvalue weighted by molar-refractivity contribution is 9.10. The third-order valence-electron chi connectivity index (χ3n) is 4.92. The maximum absolute atomic E-state index is 12.5. The van der Waals surface area contributed by atoms with Crippen LogP contribution in [0, 0.1) is 0 Å². The van der Waals surface area contributed by atoms with E-state index in [1.807, 2.05) is 0 Å². The standard InChI is InChI=1S/C21H23BrN4O6/c1-2-32-21(31)18-17(22)16(12-4-3-11(8-27)13(9-28)14(12)10-29)15(26-18)7-25-20(30)19-23-5-6-24-19/h3-6,26-29H,2,7-10H2,1H3,(H,23,24)(H,25,30). The van der Waals surface area contributed by atoms with Crippen molar-refractivity contribution in [2.75, 3.05) is 6.61 Å². The number of benzene rings is 1. The molecule has 0 aliphatic rings. The molecule has 1 aromatic carbocycles. The van der Waals surface area contributed by atoms with Gasteiger partial charge in [-0.2, -0.15) is 0 Å². The van der Waals surface area contributed by atoms with E-state index in [-0.39, 0.29) is 31.3 Å². The van der Waals surface area contributed by atoms with E-state index in [0.29, 0.717) is 38.0 Å². The number of rotatable bonds is 9. The van der Waals surface area contributed by atoms with E-state index in [4.69, 9.17) is 4.74 Å². The van der Waals surface area contributed by atoms with Crippen molar-refractivity contribution in [1.29, 1.82) is 0 Å². The van der Waals surface area contributed by atoms with E-state index in [9.17, 15) is 24.9 Å². The second-order valence-electron chi connectivity index (χ2n) is 6.71. The van der Waals surface area contributed by atoms with Crippen LogP contribution >= 0.6 is 15.9 Å². The molecule has 6 N–H and O–H groups in total. The summed E-state index contributed by atoms with van der Waals surface area (Å²) in [7, 11) is 0. The van der Waals surface area contributed by atoms with E-state index in [1.54, 1.807) is 19.1 Å². The van der Waals surface area contributed by atoms with Crippen molar-refractivity contribution in [3.05, 3.63) is 62.9 Å². The van der Waals surface area contributed by atoms with Gasteiger partial charge in [0.1, 0.15) is 5.69 Å². The number of amides is 1. The van der Waals surface area contributed by atoms with Gasteiger partial charge in [0.25, 0.3) is 5.91 Å². The first-order valence-electron chi connectivity index (χ1n) is 9.78. The third-order valence-corrected chi connectivity index (χ3v) is 5.71. The largest absolute Gasteiger partial charge is 0.461 e. The average Bonchev–Trinajstić information content (AvgIpc) is 3.45. The molecule has 0 saturated heterocycles. The highest BCUT2D eigenvalue weighted by Crippen LogP contribution is 2.39. The molecular weight excluding hydrogens is 484 g/mol. The van der Waals surface area contributed by atoms with Crippen LogP contribution in [0.25, 0.3) is 11.1 Å². The van der Waals surface area contributed by atoms with Crippen molar-refractivity contribution in [2.45, 2.75) is 33.3 Å². The summed E-state index contributed by atoms with van der Waals surface area (Å²) in [5.41, 5.74) is 2.91. The highest BCUT2D eigenvalue weighted by Gasteiger charge is 2.26. The molecule has 1 amide bonds. The van der Waals surface area contributed by atoms with Crippen LogP contribution < -0.4 is 5.32 Å². The number of aliphatic hydroxyl groups excluding tert-OH is 3. The zero-order valence-corrected chi connectivity index (χ0v) is 18.8. The molecule has 3 rings (SSSR count). The van der Waals surface area contributed by atoms with Crippen LogP contribution in [0.4, 0.5) is 0 Å². The van der Waals surface area contributed by atoms with Gasteiger partial charge >= 0.3 is 5.97 Å². The first kappa shape index (κ1) is 23.7. The second kappa shape index (κ2) is 10.6. The molecule has 2 aromatic heterocycles. The van der Waals surface area contributed by atoms with Gasteiger partial charge in [-0.05, 0) is 45.1 Å². The summed E-state index contributed by atoms with van der Waals surface area (Å²) < 4.78 is 5.49. The molecule has 0 fully saturated rings. The Labute approximate surface area is 191 Å². The van der Waals surface area contributed by atoms with Gasteiger partial charge in [0.15, 0.2) is 5.82 Å². The van der Waals surface area contributed by atoms with Crippen LogP contribution in [0.15, 0.2) is 29.0 Å². The van der Waals surface area contributed by atoms with Crippen molar-refractivity contribution in [1.82, 2.24) is 20.3 Å². The Balaban J connectivity index is 2.11. The normalized spacial score (nSPS) is 10.9. The van der Waals surface area contributed by atoms with Gasteiger partial charge in [0, 0.05) is 23.7 Å². The van der Waals surface area contributed by atoms with Gasteiger partial charge in [-0.15, -0.1) is 0 Å². The van der Waals surface area contributed by atoms with Crippen molar-refractivity contribution < 1.29 is 29.6 Å². The Hall–Kier alpha value is -2.99. The van der Waals surface area contributed by atoms with Crippen LogP contribution in [0.1, 0.15) is 50.4 Å². The zero-order chi connectivity index (χ0) is 23.3. The molecule has 0 spiro atoms. The van der Waals surface area contributed by atoms with Crippen LogP contribution in [0.5, 0.6) is 0 Å². The zero-order valence-electron chi connectivity index (χ0n) is 17.2. The Morgan fingerprint density at radius 1 is 1.16 bits per heavy atom. The summed E-state index contributed by atoms with van der Waals surface area (Å²) in [6.07, 6.45) is 2.98. The molecule has 0 bridgehead atoms.